The quantitative estimate of drug-likeness (QED) is 0.892. The first-order valence-electron chi connectivity index (χ1n) is 5.86. The van der Waals surface area contributed by atoms with Crippen LogP contribution in [0.3, 0.4) is 0 Å². The summed E-state index contributed by atoms with van der Waals surface area (Å²) in [6.07, 6.45) is 2.15. The van der Waals surface area contributed by atoms with Crippen LogP contribution < -0.4 is 15.8 Å². The van der Waals surface area contributed by atoms with Gasteiger partial charge in [0, 0.05) is 16.1 Å². The SMILES string of the molecule is COc1ccc2c(N)c(C(=O)NC3CC3)sc2c1. The van der Waals surface area contributed by atoms with Crippen LogP contribution in [0, 0.1) is 0 Å². The maximum absolute atomic E-state index is 12.0. The number of rotatable bonds is 3. The zero-order valence-electron chi connectivity index (χ0n) is 10.0. The Morgan fingerprint density at radius 3 is 2.94 bits per heavy atom. The predicted octanol–water partition coefficient (Wildman–Crippen LogP) is 2.38. The third-order valence-electron chi connectivity index (χ3n) is 3.05. The molecular weight excluding hydrogens is 248 g/mol. The fourth-order valence-electron chi connectivity index (χ4n) is 1.87. The molecule has 0 bridgehead atoms. The molecule has 5 heteroatoms. The lowest BCUT2D eigenvalue weighted by molar-refractivity contribution is 0.0956. The summed E-state index contributed by atoms with van der Waals surface area (Å²) in [7, 11) is 1.62. The Hall–Kier alpha value is -1.75. The number of carbonyl (C=O) groups is 1. The van der Waals surface area contributed by atoms with Gasteiger partial charge in [0.1, 0.15) is 10.6 Å². The smallest absolute Gasteiger partial charge is 0.263 e. The highest BCUT2D eigenvalue weighted by molar-refractivity contribution is 7.21. The van der Waals surface area contributed by atoms with Gasteiger partial charge in [-0.25, -0.2) is 0 Å². The molecule has 3 rings (SSSR count). The predicted molar refractivity (Wildman–Crippen MR) is 73.3 cm³/mol. The Bertz CT molecular complexity index is 617. The summed E-state index contributed by atoms with van der Waals surface area (Å²) in [5.74, 6) is 0.716. The Morgan fingerprint density at radius 2 is 2.28 bits per heavy atom. The van der Waals surface area contributed by atoms with Crippen molar-refractivity contribution in [3.63, 3.8) is 0 Å². The summed E-state index contributed by atoms with van der Waals surface area (Å²) < 4.78 is 6.15. The molecule has 0 unspecified atom stereocenters. The first-order chi connectivity index (χ1) is 8.69. The minimum Gasteiger partial charge on any atom is -0.497 e. The molecule has 1 aromatic heterocycles. The van der Waals surface area contributed by atoms with Gasteiger partial charge in [0.2, 0.25) is 0 Å². The van der Waals surface area contributed by atoms with Gasteiger partial charge in [-0.05, 0) is 31.0 Å². The molecule has 0 aliphatic heterocycles. The lowest BCUT2D eigenvalue weighted by Gasteiger charge is -2.01. The molecule has 1 aromatic carbocycles. The molecular formula is C13H14N2O2S. The molecule has 1 amide bonds. The van der Waals surface area contributed by atoms with E-state index < -0.39 is 0 Å². The van der Waals surface area contributed by atoms with Gasteiger partial charge < -0.3 is 15.8 Å². The zero-order valence-corrected chi connectivity index (χ0v) is 10.8. The highest BCUT2D eigenvalue weighted by Crippen LogP contribution is 2.36. The van der Waals surface area contributed by atoms with E-state index in [1.807, 2.05) is 18.2 Å². The van der Waals surface area contributed by atoms with E-state index in [2.05, 4.69) is 5.32 Å². The number of nitrogen functional groups attached to an aromatic ring is 1. The summed E-state index contributed by atoms with van der Waals surface area (Å²) in [4.78, 5) is 12.6. The van der Waals surface area contributed by atoms with Crippen LogP contribution in [0.4, 0.5) is 5.69 Å². The van der Waals surface area contributed by atoms with Crippen molar-refractivity contribution >= 4 is 33.0 Å². The Kier molecular flexibility index (Phi) is 2.63. The molecule has 1 fully saturated rings. The highest BCUT2D eigenvalue weighted by Gasteiger charge is 2.26. The molecule has 1 saturated carbocycles. The lowest BCUT2D eigenvalue weighted by atomic mass is 10.2. The summed E-state index contributed by atoms with van der Waals surface area (Å²) in [6.45, 7) is 0. The Balaban J connectivity index is 2.01. The van der Waals surface area contributed by atoms with E-state index in [9.17, 15) is 4.79 Å². The molecule has 0 radical (unpaired) electrons. The molecule has 0 spiro atoms. The molecule has 1 aliphatic rings. The summed E-state index contributed by atoms with van der Waals surface area (Å²) in [5.41, 5.74) is 6.60. The second-order valence-electron chi connectivity index (χ2n) is 4.45. The van der Waals surface area contributed by atoms with Gasteiger partial charge in [0.05, 0.1) is 12.8 Å². The molecule has 2 aromatic rings. The van der Waals surface area contributed by atoms with Crippen molar-refractivity contribution in [1.82, 2.24) is 5.32 Å². The number of thiophene rings is 1. The number of methoxy groups -OCH3 is 1. The van der Waals surface area contributed by atoms with Crippen LogP contribution in [0.15, 0.2) is 18.2 Å². The van der Waals surface area contributed by atoms with Gasteiger partial charge in [0.15, 0.2) is 0 Å². The standard InChI is InChI=1S/C13H14N2O2S/c1-17-8-4-5-9-10(6-8)18-12(11(9)14)13(16)15-7-2-3-7/h4-7H,2-3,14H2,1H3,(H,15,16). The zero-order chi connectivity index (χ0) is 12.7. The van der Waals surface area contributed by atoms with E-state index in [0.29, 0.717) is 16.6 Å². The monoisotopic (exact) mass is 262 g/mol. The number of fused-ring (bicyclic) bond motifs is 1. The molecule has 0 atom stereocenters. The Morgan fingerprint density at radius 1 is 1.50 bits per heavy atom. The number of nitrogens with two attached hydrogens (primary N) is 1. The average molecular weight is 262 g/mol. The van der Waals surface area contributed by atoms with Gasteiger partial charge in [-0.3, -0.25) is 4.79 Å². The number of ether oxygens (including phenoxy) is 1. The van der Waals surface area contributed by atoms with E-state index in [-0.39, 0.29) is 5.91 Å². The van der Waals surface area contributed by atoms with Crippen molar-refractivity contribution in [2.75, 3.05) is 12.8 Å². The topological polar surface area (TPSA) is 64.3 Å². The Labute approximate surface area is 109 Å². The van der Waals surface area contributed by atoms with E-state index in [1.165, 1.54) is 11.3 Å². The number of carbonyl (C=O) groups excluding carboxylic acids is 1. The minimum atomic E-state index is -0.0600. The van der Waals surface area contributed by atoms with Gasteiger partial charge in [-0.2, -0.15) is 0 Å². The molecule has 3 N–H and O–H groups in total. The number of anilines is 1. The van der Waals surface area contributed by atoms with E-state index in [1.54, 1.807) is 7.11 Å². The molecule has 1 heterocycles. The number of benzene rings is 1. The van der Waals surface area contributed by atoms with Gasteiger partial charge in [-0.15, -0.1) is 11.3 Å². The fourth-order valence-corrected chi connectivity index (χ4v) is 2.93. The summed E-state index contributed by atoms with van der Waals surface area (Å²) in [6, 6.07) is 6.00. The van der Waals surface area contributed by atoms with E-state index in [0.717, 1.165) is 28.7 Å². The van der Waals surface area contributed by atoms with Crippen molar-refractivity contribution in [1.29, 1.82) is 0 Å². The number of nitrogens with one attached hydrogen (secondary N) is 1. The molecule has 4 nitrogen and oxygen atoms in total. The number of amides is 1. The molecule has 0 saturated heterocycles. The number of hydrogen-bond acceptors (Lipinski definition) is 4. The normalized spacial score (nSPS) is 14.7. The van der Waals surface area contributed by atoms with Crippen molar-refractivity contribution in [3.05, 3.63) is 23.1 Å². The number of hydrogen-bond donors (Lipinski definition) is 2. The average Bonchev–Trinajstić information content (AvgIpc) is 3.12. The minimum absolute atomic E-state index is 0.0600. The van der Waals surface area contributed by atoms with Crippen molar-refractivity contribution in [2.45, 2.75) is 18.9 Å². The molecule has 1 aliphatic carbocycles. The maximum atomic E-state index is 12.0. The maximum Gasteiger partial charge on any atom is 0.263 e. The van der Waals surface area contributed by atoms with E-state index >= 15 is 0 Å². The summed E-state index contributed by atoms with van der Waals surface area (Å²) in [5, 5.41) is 3.88. The van der Waals surface area contributed by atoms with Crippen molar-refractivity contribution in [2.24, 2.45) is 0 Å². The van der Waals surface area contributed by atoms with Crippen molar-refractivity contribution in [3.8, 4) is 5.75 Å². The largest absolute Gasteiger partial charge is 0.497 e. The van der Waals surface area contributed by atoms with Crippen LogP contribution in [-0.2, 0) is 0 Å². The van der Waals surface area contributed by atoms with Crippen LogP contribution in [-0.4, -0.2) is 19.1 Å². The third kappa shape index (κ3) is 1.90. The van der Waals surface area contributed by atoms with Gasteiger partial charge >= 0.3 is 0 Å². The lowest BCUT2D eigenvalue weighted by Crippen LogP contribution is -2.25. The van der Waals surface area contributed by atoms with Crippen molar-refractivity contribution < 1.29 is 9.53 Å². The molecule has 18 heavy (non-hydrogen) atoms. The second kappa shape index (κ2) is 4.17. The van der Waals surface area contributed by atoms with Gasteiger partial charge in [0.25, 0.3) is 5.91 Å². The van der Waals surface area contributed by atoms with E-state index in [4.69, 9.17) is 10.5 Å². The highest BCUT2D eigenvalue weighted by atomic mass is 32.1. The first-order valence-corrected chi connectivity index (χ1v) is 6.67. The fraction of sp³-hybridized carbons (Fsp3) is 0.308. The second-order valence-corrected chi connectivity index (χ2v) is 5.51. The summed E-state index contributed by atoms with van der Waals surface area (Å²) >= 11 is 1.41. The van der Waals surface area contributed by atoms with Crippen LogP contribution in [0.2, 0.25) is 0 Å². The first kappa shape index (κ1) is 11.3. The van der Waals surface area contributed by atoms with Crippen LogP contribution in [0.25, 0.3) is 10.1 Å². The van der Waals surface area contributed by atoms with Crippen LogP contribution in [0.1, 0.15) is 22.5 Å². The van der Waals surface area contributed by atoms with Crippen LogP contribution >= 0.6 is 11.3 Å². The van der Waals surface area contributed by atoms with Gasteiger partial charge in [-0.1, -0.05) is 0 Å². The molecule has 94 valence electrons. The third-order valence-corrected chi connectivity index (χ3v) is 4.22. The van der Waals surface area contributed by atoms with Crippen LogP contribution in [0.5, 0.6) is 5.75 Å².